The Bertz CT molecular complexity index is 794. The lowest BCUT2D eigenvalue weighted by molar-refractivity contribution is -0.142. The summed E-state index contributed by atoms with van der Waals surface area (Å²) >= 11 is 3.57. The van der Waals surface area contributed by atoms with E-state index in [4.69, 9.17) is 14.2 Å². The van der Waals surface area contributed by atoms with Gasteiger partial charge in [-0.25, -0.2) is 0 Å². The number of carbonyl (C=O) groups excluding carboxylic acids is 1. The third-order valence-electron chi connectivity index (χ3n) is 4.76. The average molecular weight is 464 g/mol. The van der Waals surface area contributed by atoms with Crippen LogP contribution in [0.1, 0.15) is 25.0 Å². The molecule has 0 saturated carbocycles. The summed E-state index contributed by atoms with van der Waals surface area (Å²) in [5.74, 6) is 3.86. The van der Waals surface area contributed by atoms with Crippen LogP contribution in [0.25, 0.3) is 0 Å². The first-order chi connectivity index (χ1) is 14.9. The first kappa shape index (κ1) is 25.4. The highest BCUT2D eigenvalue weighted by molar-refractivity contribution is 7.99. The highest BCUT2D eigenvalue weighted by atomic mass is 32.2. The van der Waals surface area contributed by atoms with Crippen LogP contribution in [0, 0.1) is 0 Å². The summed E-state index contributed by atoms with van der Waals surface area (Å²) in [6.45, 7) is 5.08. The number of esters is 1. The average Bonchev–Trinajstić information content (AvgIpc) is 2.80. The van der Waals surface area contributed by atoms with Crippen molar-refractivity contribution in [1.29, 1.82) is 0 Å². The van der Waals surface area contributed by atoms with Gasteiger partial charge in [-0.2, -0.15) is 11.8 Å². The molecule has 2 aromatic carbocycles. The normalized spacial score (nSPS) is 12.3. The number of rotatable bonds is 13. The quantitative estimate of drug-likeness (QED) is 0.429. The monoisotopic (exact) mass is 463 g/mol. The summed E-state index contributed by atoms with van der Waals surface area (Å²) in [4.78, 5) is 12.3. The van der Waals surface area contributed by atoms with Crippen molar-refractivity contribution in [2.45, 2.75) is 36.1 Å². The fourth-order valence-electron chi connectivity index (χ4n) is 2.79. The topological polar surface area (TPSA) is 56.8 Å². The fraction of sp³-hybridized carbons (Fsp3) is 0.458. The van der Waals surface area contributed by atoms with Crippen LogP contribution in [0.3, 0.4) is 0 Å². The van der Waals surface area contributed by atoms with Gasteiger partial charge in [-0.1, -0.05) is 24.3 Å². The van der Waals surface area contributed by atoms with Gasteiger partial charge in [0.1, 0.15) is 17.5 Å². The predicted molar refractivity (Wildman–Crippen MR) is 131 cm³/mol. The molecule has 0 aromatic heterocycles. The van der Waals surface area contributed by atoms with E-state index in [9.17, 15) is 4.79 Å². The van der Waals surface area contributed by atoms with Gasteiger partial charge in [0.2, 0.25) is 0 Å². The lowest BCUT2D eigenvalue weighted by Crippen LogP contribution is -2.45. The van der Waals surface area contributed by atoms with E-state index in [0.717, 1.165) is 23.0 Å². The molecule has 0 radical (unpaired) electrons. The third-order valence-corrected chi connectivity index (χ3v) is 7.27. The molecule has 5 nitrogen and oxygen atoms in total. The van der Waals surface area contributed by atoms with E-state index in [2.05, 4.69) is 31.3 Å². The van der Waals surface area contributed by atoms with E-state index in [1.807, 2.05) is 48.2 Å². The van der Waals surface area contributed by atoms with E-state index in [-0.39, 0.29) is 16.8 Å². The van der Waals surface area contributed by atoms with Crippen LogP contribution in [0.5, 0.6) is 11.5 Å². The van der Waals surface area contributed by atoms with Gasteiger partial charge in [-0.15, -0.1) is 11.8 Å². The van der Waals surface area contributed by atoms with Crippen LogP contribution in [-0.2, 0) is 21.0 Å². The van der Waals surface area contributed by atoms with Crippen molar-refractivity contribution >= 4 is 29.5 Å². The van der Waals surface area contributed by atoms with Crippen molar-refractivity contribution in [1.82, 2.24) is 5.32 Å². The summed E-state index contributed by atoms with van der Waals surface area (Å²) < 4.78 is 15.4. The van der Waals surface area contributed by atoms with Crippen LogP contribution in [0.15, 0.2) is 48.5 Å². The minimum absolute atomic E-state index is 0.0349. The van der Waals surface area contributed by atoms with Crippen LogP contribution in [0.2, 0.25) is 0 Å². The molecule has 0 unspecified atom stereocenters. The predicted octanol–water partition coefficient (Wildman–Crippen LogP) is 4.78. The zero-order valence-corrected chi connectivity index (χ0v) is 20.6. The molecule has 2 rings (SSSR count). The Labute approximate surface area is 194 Å². The molecule has 0 saturated heterocycles. The number of nitrogens with one attached hydrogen (secondary N) is 1. The first-order valence-corrected chi connectivity index (χ1v) is 12.3. The maximum absolute atomic E-state index is 12.3. The van der Waals surface area contributed by atoms with Crippen molar-refractivity contribution in [3.63, 3.8) is 0 Å². The van der Waals surface area contributed by atoms with Crippen molar-refractivity contribution in [2.75, 3.05) is 33.6 Å². The molecule has 1 atom stereocenters. The summed E-state index contributed by atoms with van der Waals surface area (Å²) in [5, 5.41) is 3.41. The number of carbonyl (C=O) groups is 1. The maximum Gasteiger partial charge on any atom is 0.323 e. The van der Waals surface area contributed by atoms with Crippen molar-refractivity contribution < 1.29 is 19.0 Å². The second-order valence-electron chi connectivity index (χ2n) is 7.72. The molecular weight excluding hydrogens is 430 g/mol. The van der Waals surface area contributed by atoms with Gasteiger partial charge in [0.05, 0.1) is 21.3 Å². The molecule has 2 aromatic rings. The molecule has 1 N–H and O–H groups in total. The highest BCUT2D eigenvalue weighted by Crippen LogP contribution is 2.28. The number of hydrogen-bond acceptors (Lipinski definition) is 7. The summed E-state index contributed by atoms with van der Waals surface area (Å²) in [5.41, 5.74) is 2.45. The Kier molecular flexibility index (Phi) is 10.6. The Morgan fingerprint density at radius 2 is 1.42 bits per heavy atom. The molecule has 7 heteroatoms. The van der Waals surface area contributed by atoms with E-state index < -0.39 is 0 Å². The number of ether oxygens (including phenoxy) is 3. The lowest BCUT2D eigenvalue weighted by Gasteiger charge is -2.27. The van der Waals surface area contributed by atoms with Crippen LogP contribution in [-0.4, -0.2) is 50.4 Å². The molecule has 31 heavy (non-hydrogen) atoms. The SMILES string of the molecule is COC(=O)[C@H](CSCc1ccc(OC)cc1)NCC(C)(C)SCc1ccc(OC)cc1. The standard InChI is InChI=1S/C24H33NO4S2/c1-24(2,31-15-19-8-12-21(28-4)13-9-19)17-25-22(23(26)29-5)16-30-14-18-6-10-20(27-3)11-7-18/h6-13,22,25H,14-17H2,1-5H3/t22-/m0/s1. The molecular formula is C24H33NO4S2. The van der Waals surface area contributed by atoms with Gasteiger partial charge >= 0.3 is 5.97 Å². The zero-order valence-electron chi connectivity index (χ0n) is 19.0. The summed E-state index contributed by atoms with van der Waals surface area (Å²) in [6, 6.07) is 15.8. The van der Waals surface area contributed by atoms with Crippen LogP contribution < -0.4 is 14.8 Å². The lowest BCUT2D eigenvalue weighted by atomic mass is 10.2. The molecule has 0 amide bonds. The summed E-state index contributed by atoms with van der Waals surface area (Å²) in [7, 11) is 4.77. The minimum atomic E-state index is -0.339. The molecule has 0 fully saturated rings. The van der Waals surface area contributed by atoms with Gasteiger partial charge in [-0.05, 0) is 49.2 Å². The Morgan fingerprint density at radius 1 is 0.903 bits per heavy atom. The van der Waals surface area contributed by atoms with E-state index >= 15 is 0 Å². The van der Waals surface area contributed by atoms with Crippen molar-refractivity contribution in [3.05, 3.63) is 59.7 Å². The van der Waals surface area contributed by atoms with Gasteiger partial charge < -0.3 is 19.5 Å². The first-order valence-electron chi connectivity index (χ1n) is 10.2. The second-order valence-corrected chi connectivity index (χ2v) is 10.4. The van der Waals surface area contributed by atoms with E-state index in [1.165, 1.54) is 18.2 Å². The smallest absolute Gasteiger partial charge is 0.323 e. The largest absolute Gasteiger partial charge is 0.497 e. The van der Waals surface area contributed by atoms with Gasteiger partial charge in [0.25, 0.3) is 0 Å². The van der Waals surface area contributed by atoms with E-state index in [1.54, 1.807) is 26.0 Å². The zero-order chi connectivity index (χ0) is 22.7. The number of hydrogen-bond donors (Lipinski definition) is 1. The van der Waals surface area contributed by atoms with Crippen molar-refractivity contribution in [3.8, 4) is 11.5 Å². The number of benzene rings is 2. The molecule has 0 spiro atoms. The number of thioether (sulfide) groups is 2. The fourth-order valence-corrected chi connectivity index (χ4v) is 4.76. The van der Waals surface area contributed by atoms with Gasteiger partial charge in [0, 0.05) is 28.6 Å². The Balaban J connectivity index is 1.82. The molecule has 0 aliphatic heterocycles. The Hall–Kier alpha value is -1.83. The van der Waals surface area contributed by atoms with Gasteiger partial charge in [0.15, 0.2) is 0 Å². The molecule has 0 heterocycles. The highest BCUT2D eigenvalue weighted by Gasteiger charge is 2.24. The Morgan fingerprint density at radius 3 is 1.90 bits per heavy atom. The van der Waals surface area contributed by atoms with E-state index in [0.29, 0.717) is 12.3 Å². The summed E-state index contributed by atoms with van der Waals surface area (Å²) in [6.07, 6.45) is 0. The molecule has 0 aliphatic carbocycles. The third kappa shape index (κ3) is 9.05. The molecule has 170 valence electrons. The second kappa shape index (κ2) is 12.9. The molecule has 0 bridgehead atoms. The van der Waals surface area contributed by atoms with Crippen LogP contribution in [0.4, 0.5) is 0 Å². The maximum atomic E-state index is 12.3. The van der Waals surface area contributed by atoms with Crippen LogP contribution >= 0.6 is 23.5 Å². The van der Waals surface area contributed by atoms with Gasteiger partial charge in [-0.3, -0.25) is 4.79 Å². The minimum Gasteiger partial charge on any atom is -0.497 e. The number of methoxy groups -OCH3 is 3. The molecule has 0 aliphatic rings. The van der Waals surface area contributed by atoms with Crippen molar-refractivity contribution in [2.24, 2.45) is 0 Å².